The van der Waals surface area contributed by atoms with E-state index < -0.39 is 0 Å². The smallest absolute Gasteiger partial charge is 0.223 e. The second-order valence-corrected chi connectivity index (χ2v) is 0.960. The largest absolute Gasteiger partial charge is 0.340 e. The van der Waals surface area contributed by atoms with E-state index in [0.717, 1.165) is 0 Å². The van der Waals surface area contributed by atoms with E-state index >= 15 is 0 Å². The highest BCUT2D eigenvalue weighted by atomic mass is 16.5. The van der Waals surface area contributed by atoms with Crippen molar-refractivity contribution in [1.82, 2.24) is 10.1 Å². The molecule has 1 aromatic heterocycles. The SMILES string of the molecule is CC.CC.Cc1ncno1. The van der Waals surface area contributed by atoms with E-state index in [-0.39, 0.29) is 0 Å². The highest BCUT2D eigenvalue weighted by molar-refractivity contribution is 4.62. The first-order valence-corrected chi connectivity index (χ1v) is 3.63. The summed E-state index contributed by atoms with van der Waals surface area (Å²) in [5.41, 5.74) is 0. The van der Waals surface area contributed by atoms with Gasteiger partial charge >= 0.3 is 0 Å². The highest BCUT2D eigenvalue weighted by Gasteiger charge is 1.79. The Morgan fingerprint density at radius 2 is 1.70 bits per heavy atom. The molecule has 1 heterocycles. The van der Waals surface area contributed by atoms with Crippen LogP contribution in [0.1, 0.15) is 33.6 Å². The fourth-order valence-electron chi connectivity index (χ4n) is 0.228. The van der Waals surface area contributed by atoms with Gasteiger partial charge in [-0.05, 0) is 0 Å². The third kappa shape index (κ3) is 7.14. The molecule has 3 heteroatoms. The maximum Gasteiger partial charge on any atom is 0.223 e. The van der Waals surface area contributed by atoms with Crippen molar-refractivity contribution in [3.05, 3.63) is 12.2 Å². The molecular weight excluding hydrogens is 128 g/mol. The summed E-state index contributed by atoms with van der Waals surface area (Å²) < 4.78 is 4.47. The zero-order chi connectivity index (χ0) is 8.41. The quantitative estimate of drug-likeness (QED) is 0.561. The summed E-state index contributed by atoms with van der Waals surface area (Å²) in [7, 11) is 0. The van der Waals surface area contributed by atoms with Gasteiger partial charge in [-0.15, -0.1) is 0 Å². The lowest BCUT2D eigenvalue weighted by Gasteiger charge is -1.63. The molecule has 0 saturated heterocycles. The Labute approximate surface area is 62.5 Å². The van der Waals surface area contributed by atoms with Crippen molar-refractivity contribution < 1.29 is 4.52 Å². The number of nitrogens with zero attached hydrogens (tertiary/aromatic N) is 2. The minimum atomic E-state index is 0.606. The van der Waals surface area contributed by atoms with Crippen LogP contribution < -0.4 is 0 Å². The first kappa shape index (κ1) is 11.9. The Hall–Kier alpha value is -0.860. The predicted molar refractivity (Wildman–Crippen MR) is 41.7 cm³/mol. The van der Waals surface area contributed by atoms with Gasteiger partial charge in [-0.25, -0.2) is 0 Å². The summed E-state index contributed by atoms with van der Waals surface area (Å²) in [5.74, 6) is 0.606. The normalized spacial score (nSPS) is 6.50. The number of hydrogen-bond donors (Lipinski definition) is 0. The molecule has 0 atom stereocenters. The maximum absolute atomic E-state index is 4.47. The van der Waals surface area contributed by atoms with Crippen LogP contribution in [0.4, 0.5) is 0 Å². The summed E-state index contributed by atoms with van der Waals surface area (Å²) in [4.78, 5) is 3.64. The number of rotatable bonds is 0. The first-order valence-electron chi connectivity index (χ1n) is 3.63. The van der Waals surface area contributed by atoms with E-state index in [1.54, 1.807) is 6.92 Å². The molecule has 0 N–H and O–H groups in total. The predicted octanol–water partition coefficient (Wildman–Crippen LogP) is 2.43. The van der Waals surface area contributed by atoms with Gasteiger partial charge in [0, 0.05) is 6.92 Å². The van der Waals surface area contributed by atoms with E-state index in [4.69, 9.17) is 0 Å². The fourth-order valence-corrected chi connectivity index (χ4v) is 0.228. The lowest BCUT2D eigenvalue weighted by atomic mass is 10.8. The standard InChI is InChI=1S/C3H4N2O.2C2H6/c1-3-4-2-5-6-3;2*1-2/h2H,1H3;2*1-2H3. The fraction of sp³-hybridized carbons (Fsp3) is 0.714. The molecule has 0 fully saturated rings. The van der Waals surface area contributed by atoms with Crippen LogP contribution in [0.3, 0.4) is 0 Å². The highest BCUT2D eigenvalue weighted by Crippen LogP contribution is 1.80. The van der Waals surface area contributed by atoms with Gasteiger partial charge in [0.2, 0.25) is 5.89 Å². The minimum Gasteiger partial charge on any atom is -0.340 e. The number of aryl methyl sites for hydroxylation is 1. The Morgan fingerprint density at radius 1 is 1.20 bits per heavy atom. The minimum absolute atomic E-state index is 0.606. The van der Waals surface area contributed by atoms with Crippen molar-refractivity contribution in [2.24, 2.45) is 0 Å². The Bertz CT molecular complexity index is 115. The van der Waals surface area contributed by atoms with Gasteiger partial charge in [-0.3, -0.25) is 0 Å². The average Bonchev–Trinajstić information content (AvgIpc) is 2.48. The van der Waals surface area contributed by atoms with Crippen LogP contribution in [0, 0.1) is 6.92 Å². The molecule has 1 aromatic rings. The van der Waals surface area contributed by atoms with Crippen LogP contribution in [-0.4, -0.2) is 10.1 Å². The molecule has 1 rings (SSSR count). The van der Waals surface area contributed by atoms with Gasteiger partial charge in [0.05, 0.1) is 0 Å². The Kier molecular flexibility index (Phi) is 13.1. The lowest BCUT2D eigenvalue weighted by Crippen LogP contribution is -1.59. The molecule has 0 unspecified atom stereocenters. The van der Waals surface area contributed by atoms with Crippen LogP contribution in [-0.2, 0) is 0 Å². The molecule has 60 valence electrons. The van der Waals surface area contributed by atoms with Crippen LogP contribution in [0.5, 0.6) is 0 Å². The van der Waals surface area contributed by atoms with Crippen molar-refractivity contribution in [2.75, 3.05) is 0 Å². The molecule has 0 radical (unpaired) electrons. The van der Waals surface area contributed by atoms with Gasteiger partial charge in [0.1, 0.15) is 0 Å². The Morgan fingerprint density at radius 3 is 1.80 bits per heavy atom. The van der Waals surface area contributed by atoms with Crippen molar-refractivity contribution in [3.8, 4) is 0 Å². The summed E-state index contributed by atoms with van der Waals surface area (Å²) in [6.07, 6.45) is 1.37. The summed E-state index contributed by atoms with van der Waals surface area (Å²) in [6.45, 7) is 9.74. The van der Waals surface area contributed by atoms with Gasteiger partial charge in [0.25, 0.3) is 0 Å². The number of hydrogen-bond acceptors (Lipinski definition) is 3. The van der Waals surface area contributed by atoms with E-state index in [9.17, 15) is 0 Å². The topological polar surface area (TPSA) is 38.9 Å². The molecule has 0 aliphatic heterocycles. The first-order chi connectivity index (χ1) is 4.89. The molecule has 3 nitrogen and oxygen atoms in total. The monoisotopic (exact) mass is 144 g/mol. The van der Waals surface area contributed by atoms with E-state index in [1.807, 2.05) is 27.7 Å². The van der Waals surface area contributed by atoms with Crippen LogP contribution in [0.2, 0.25) is 0 Å². The van der Waals surface area contributed by atoms with Crippen molar-refractivity contribution >= 4 is 0 Å². The zero-order valence-electron chi connectivity index (χ0n) is 7.38. The molecule has 0 spiro atoms. The van der Waals surface area contributed by atoms with Crippen LogP contribution in [0.15, 0.2) is 10.9 Å². The second kappa shape index (κ2) is 11.0. The van der Waals surface area contributed by atoms with Crippen LogP contribution in [0.25, 0.3) is 0 Å². The zero-order valence-corrected chi connectivity index (χ0v) is 7.38. The third-order valence-corrected chi connectivity index (χ3v) is 0.471. The maximum atomic E-state index is 4.47. The lowest BCUT2D eigenvalue weighted by molar-refractivity contribution is 0.392. The number of aromatic nitrogens is 2. The third-order valence-electron chi connectivity index (χ3n) is 0.471. The van der Waals surface area contributed by atoms with Gasteiger partial charge < -0.3 is 4.52 Å². The summed E-state index contributed by atoms with van der Waals surface area (Å²) in [6, 6.07) is 0. The van der Waals surface area contributed by atoms with Crippen molar-refractivity contribution in [1.29, 1.82) is 0 Å². The van der Waals surface area contributed by atoms with Crippen molar-refractivity contribution in [3.63, 3.8) is 0 Å². The van der Waals surface area contributed by atoms with E-state index in [1.165, 1.54) is 6.33 Å². The van der Waals surface area contributed by atoms with E-state index in [0.29, 0.717) is 5.89 Å². The van der Waals surface area contributed by atoms with Gasteiger partial charge in [0.15, 0.2) is 6.33 Å². The van der Waals surface area contributed by atoms with E-state index in [2.05, 4.69) is 14.7 Å². The summed E-state index contributed by atoms with van der Waals surface area (Å²) in [5, 5.41) is 3.34. The molecule has 0 aliphatic carbocycles. The molecule has 0 saturated carbocycles. The molecule has 0 bridgehead atoms. The van der Waals surface area contributed by atoms with Crippen LogP contribution >= 0.6 is 0 Å². The van der Waals surface area contributed by atoms with Gasteiger partial charge in [-0.2, -0.15) is 4.98 Å². The Balaban J connectivity index is 0. The molecule has 0 amide bonds. The summed E-state index contributed by atoms with van der Waals surface area (Å²) >= 11 is 0. The van der Waals surface area contributed by atoms with Crippen molar-refractivity contribution in [2.45, 2.75) is 34.6 Å². The molecule has 10 heavy (non-hydrogen) atoms. The van der Waals surface area contributed by atoms with Gasteiger partial charge in [-0.1, -0.05) is 32.9 Å². The molecule has 0 aromatic carbocycles. The molecule has 0 aliphatic rings. The molecular formula is C7H16N2O. The average molecular weight is 144 g/mol. The second-order valence-electron chi connectivity index (χ2n) is 0.960.